The van der Waals surface area contributed by atoms with Crippen LogP contribution in [-0.2, 0) is 17.8 Å². The number of rotatable bonds is 6. The van der Waals surface area contributed by atoms with E-state index in [-0.39, 0.29) is 11.9 Å². The first-order chi connectivity index (χ1) is 15.0. The van der Waals surface area contributed by atoms with E-state index < -0.39 is 0 Å². The van der Waals surface area contributed by atoms with E-state index in [2.05, 4.69) is 72.1 Å². The molecule has 1 amide bonds. The second-order valence-corrected chi connectivity index (χ2v) is 9.31. The highest BCUT2D eigenvalue weighted by atomic mass is 16.5. The third-order valence-electron chi connectivity index (χ3n) is 6.45. The van der Waals surface area contributed by atoms with Crippen molar-refractivity contribution in [2.75, 3.05) is 40.3 Å². The molecule has 0 bridgehead atoms. The van der Waals surface area contributed by atoms with Crippen LogP contribution in [0.25, 0.3) is 0 Å². The van der Waals surface area contributed by atoms with Gasteiger partial charge in [-0.3, -0.25) is 9.69 Å². The van der Waals surface area contributed by atoms with Gasteiger partial charge in [0.25, 0.3) is 0 Å². The molecule has 0 radical (unpaired) electrons. The first kappa shape index (κ1) is 21.8. The fourth-order valence-electron chi connectivity index (χ4n) is 4.94. The minimum absolute atomic E-state index is 0.253. The van der Waals surface area contributed by atoms with E-state index in [1.54, 1.807) is 0 Å². The highest BCUT2D eigenvalue weighted by Crippen LogP contribution is 2.27. The molecule has 0 aromatic heterocycles. The SMILES string of the molecule is Cc1cccc(CC(=O)N2CCC[C@H]2CN2Cc3ccccc3OC[C@@H]2CN(C)C)c1. The molecule has 4 rings (SSSR count). The standard InChI is InChI=1S/C26H35N3O2/c1-20-8-6-9-21(14-20)15-26(30)29-13-7-11-23(29)18-28-16-22-10-4-5-12-25(22)31-19-24(28)17-27(2)3/h4-6,8-10,12,14,23-24H,7,11,13,15-19H2,1-3H3/t23-,24-/m0/s1. The maximum Gasteiger partial charge on any atom is 0.227 e. The molecule has 0 aliphatic carbocycles. The van der Waals surface area contributed by atoms with E-state index in [0.717, 1.165) is 50.3 Å². The Hall–Kier alpha value is -2.37. The summed E-state index contributed by atoms with van der Waals surface area (Å²) < 4.78 is 6.17. The van der Waals surface area contributed by atoms with E-state index in [9.17, 15) is 4.79 Å². The zero-order valence-corrected chi connectivity index (χ0v) is 19.1. The summed E-state index contributed by atoms with van der Waals surface area (Å²) in [5.74, 6) is 1.25. The van der Waals surface area contributed by atoms with Crippen LogP contribution in [0.15, 0.2) is 48.5 Å². The number of aryl methyl sites for hydroxylation is 1. The predicted molar refractivity (Wildman–Crippen MR) is 124 cm³/mol. The Morgan fingerprint density at radius 2 is 1.97 bits per heavy atom. The molecule has 1 saturated heterocycles. The van der Waals surface area contributed by atoms with Gasteiger partial charge in [-0.25, -0.2) is 0 Å². The first-order valence-electron chi connectivity index (χ1n) is 11.4. The van der Waals surface area contributed by atoms with Gasteiger partial charge in [0.2, 0.25) is 5.91 Å². The number of ether oxygens (including phenoxy) is 1. The van der Waals surface area contributed by atoms with Gasteiger partial charge in [-0.1, -0.05) is 48.0 Å². The topological polar surface area (TPSA) is 36.0 Å². The second-order valence-electron chi connectivity index (χ2n) is 9.31. The average Bonchev–Trinajstić information content (AvgIpc) is 3.12. The predicted octanol–water partition coefficient (Wildman–Crippen LogP) is 3.35. The highest BCUT2D eigenvalue weighted by Gasteiger charge is 2.33. The lowest BCUT2D eigenvalue weighted by Crippen LogP contribution is -2.50. The van der Waals surface area contributed by atoms with Crippen LogP contribution >= 0.6 is 0 Å². The van der Waals surface area contributed by atoms with Crippen LogP contribution < -0.4 is 4.74 Å². The van der Waals surface area contributed by atoms with Crippen molar-refractivity contribution in [2.45, 2.75) is 44.8 Å². The molecule has 2 aliphatic rings. The van der Waals surface area contributed by atoms with E-state index >= 15 is 0 Å². The number of para-hydroxylation sites is 1. The Morgan fingerprint density at radius 3 is 2.77 bits per heavy atom. The maximum absolute atomic E-state index is 13.2. The van der Waals surface area contributed by atoms with Gasteiger partial charge >= 0.3 is 0 Å². The number of carbonyl (C=O) groups is 1. The van der Waals surface area contributed by atoms with Crippen LogP contribution in [0.3, 0.4) is 0 Å². The molecule has 5 heteroatoms. The summed E-state index contributed by atoms with van der Waals surface area (Å²) in [6, 6.07) is 17.2. The van der Waals surface area contributed by atoms with Gasteiger partial charge < -0.3 is 14.5 Å². The Labute approximate surface area is 186 Å². The minimum atomic E-state index is 0.253. The number of carbonyl (C=O) groups excluding carboxylic acids is 1. The molecule has 2 aliphatic heterocycles. The van der Waals surface area contributed by atoms with Crippen LogP contribution in [-0.4, -0.2) is 73.0 Å². The molecular weight excluding hydrogens is 386 g/mol. The fourth-order valence-corrected chi connectivity index (χ4v) is 4.94. The molecule has 5 nitrogen and oxygen atoms in total. The van der Waals surface area contributed by atoms with Gasteiger partial charge in [-0.15, -0.1) is 0 Å². The summed E-state index contributed by atoms with van der Waals surface area (Å²) in [5.41, 5.74) is 3.55. The van der Waals surface area contributed by atoms with Gasteiger partial charge in [-0.2, -0.15) is 0 Å². The van der Waals surface area contributed by atoms with Crippen LogP contribution in [0.4, 0.5) is 0 Å². The second kappa shape index (κ2) is 9.84. The normalized spacial score (nSPS) is 21.6. The Balaban J connectivity index is 1.48. The number of nitrogens with zero attached hydrogens (tertiary/aromatic N) is 3. The van der Waals surface area contributed by atoms with Crippen LogP contribution in [0.1, 0.15) is 29.5 Å². The molecule has 166 valence electrons. The Morgan fingerprint density at radius 1 is 1.13 bits per heavy atom. The van der Waals surface area contributed by atoms with Crippen LogP contribution in [0.5, 0.6) is 5.75 Å². The molecule has 2 aromatic rings. The van der Waals surface area contributed by atoms with Crippen molar-refractivity contribution in [1.82, 2.24) is 14.7 Å². The van der Waals surface area contributed by atoms with Crippen LogP contribution in [0, 0.1) is 6.92 Å². The summed E-state index contributed by atoms with van der Waals surface area (Å²) in [7, 11) is 4.23. The third kappa shape index (κ3) is 5.46. The van der Waals surface area contributed by atoms with Gasteiger partial charge in [0, 0.05) is 37.8 Å². The van der Waals surface area contributed by atoms with Gasteiger partial charge in [0.05, 0.1) is 12.5 Å². The molecule has 2 aromatic carbocycles. The first-order valence-corrected chi connectivity index (χ1v) is 11.4. The lowest BCUT2D eigenvalue weighted by Gasteiger charge is -2.35. The van der Waals surface area contributed by atoms with Crippen molar-refractivity contribution < 1.29 is 9.53 Å². The quantitative estimate of drug-likeness (QED) is 0.717. The summed E-state index contributed by atoms with van der Waals surface area (Å²) >= 11 is 0. The maximum atomic E-state index is 13.2. The molecule has 0 unspecified atom stereocenters. The average molecular weight is 422 g/mol. The van der Waals surface area contributed by atoms with Gasteiger partial charge in [-0.05, 0) is 45.5 Å². The third-order valence-corrected chi connectivity index (χ3v) is 6.45. The highest BCUT2D eigenvalue weighted by molar-refractivity contribution is 5.79. The molecule has 1 fully saturated rings. The molecular formula is C26H35N3O2. The number of fused-ring (bicyclic) bond motifs is 1. The summed E-state index contributed by atoms with van der Waals surface area (Å²) in [6.45, 7) is 6.34. The lowest BCUT2D eigenvalue weighted by atomic mass is 10.1. The number of likely N-dealkylation sites (tertiary alicyclic amines) is 1. The molecule has 2 heterocycles. The number of amides is 1. The number of likely N-dealkylation sites (N-methyl/N-ethyl adjacent to an activating group) is 1. The molecule has 0 saturated carbocycles. The largest absolute Gasteiger partial charge is 0.492 e. The summed E-state index contributed by atoms with van der Waals surface area (Å²) in [5, 5.41) is 0. The number of hydrogen-bond acceptors (Lipinski definition) is 4. The smallest absolute Gasteiger partial charge is 0.227 e. The Kier molecular flexibility index (Phi) is 6.93. The zero-order chi connectivity index (χ0) is 21.8. The van der Waals surface area contributed by atoms with E-state index in [1.807, 2.05) is 12.1 Å². The van der Waals surface area contributed by atoms with Gasteiger partial charge in [0.1, 0.15) is 12.4 Å². The molecule has 0 N–H and O–H groups in total. The van der Waals surface area contributed by atoms with Crippen molar-refractivity contribution in [1.29, 1.82) is 0 Å². The molecule has 0 spiro atoms. The minimum Gasteiger partial charge on any atom is -0.492 e. The molecule has 31 heavy (non-hydrogen) atoms. The fraction of sp³-hybridized carbons (Fsp3) is 0.500. The summed E-state index contributed by atoms with van der Waals surface area (Å²) in [4.78, 5) is 20.1. The van der Waals surface area contributed by atoms with Crippen molar-refractivity contribution in [3.8, 4) is 5.75 Å². The van der Waals surface area contributed by atoms with E-state index in [4.69, 9.17) is 4.74 Å². The van der Waals surface area contributed by atoms with E-state index in [1.165, 1.54) is 11.1 Å². The van der Waals surface area contributed by atoms with Crippen molar-refractivity contribution in [3.63, 3.8) is 0 Å². The zero-order valence-electron chi connectivity index (χ0n) is 19.1. The Bertz CT molecular complexity index is 898. The number of benzene rings is 2. The van der Waals surface area contributed by atoms with Crippen molar-refractivity contribution in [3.05, 3.63) is 65.2 Å². The molecule has 2 atom stereocenters. The number of hydrogen-bond donors (Lipinski definition) is 0. The van der Waals surface area contributed by atoms with Crippen molar-refractivity contribution in [2.24, 2.45) is 0 Å². The monoisotopic (exact) mass is 421 g/mol. The van der Waals surface area contributed by atoms with Crippen molar-refractivity contribution >= 4 is 5.91 Å². The van der Waals surface area contributed by atoms with Gasteiger partial charge in [0.15, 0.2) is 0 Å². The lowest BCUT2D eigenvalue weighted by molar-refractivity contribution is -0.131. The van der Waals surface area contributed by atoms with Crippen LogP contribution in [0.2, 0.25) is 0 Å². The van der Waals surface area contributed by atoms with E-state index in [0.29, 0.717) is 19.1 Å². The summed E-state index contributed by atoms with van der Waals surface area (Å²) in [6.07, 6.45) is 2.65.